The molecule has 1 saturated heterocycles. The van der Waals surface area contributed by atoms with Crippen LogP contribution in [0.1, 0.15) is 50.0 Å². The highest BCUT2D eigenvalue weighted by Gasteiger charge is 2.35. The predicted molar refractivity (Wildman–Crippen MR) is 107 cm³/mol. The van der Waals surface area contributed by atoms with Gasteiger partial charge in [0.2, 0.25) is 15.9 Å². The summed E-state index contributed by atoms with van der Waals surface area (Å²) >= 11 is 0. The van der Waals surface area contributed by atoms with E-state index < -0.39 is 10.0 Å². The standard InChI is InChI=1S/C20H31N3O4S/c1-28(24,25)22-18-5-3-11-23-12-13-26-20-17(4-2-10-21-20)15-6-8-16(9-7-15)27-14-19(18)23/h2,4,10,15-16,18-19,22H,3,5-9,11-14H2,1H3/t15-,16+,18-,19-/m0/s1. The van der Waals surface area contributed by atoms with E-state index in [1.165, 1.54) is 11.8 Å². The fraction of sp³-hybridized carbons (Fsp3) is 0.750. The number of fused-ring (bicyclic) bond motifs is 5. The van der Waals surface area contributed by atoms with E-state index in [0.29, 0.717) is 19.1 Å². The van der Waals surface area contributed by atoms with Crippen LogP contribution >= 0.6 is 0 Å². The lowest BCUT2D eigenvalue weighted by Gasteiger charge is -2.41. The van der Waals surface area contributed by atoms with E-state index in [4.69, 9.17) is 9.47 Å². The first-order valence-electron chi connectivity index (χ1n) is 10.4. The molecular weight excluding hydrogens is 378 g/mol. The second-order valence-electron chi connectivity index (χ2n) is 8.30. The van der Waals surface area contributed by atoms with Crippen molar-refractivity contribution < 1.29 is 17.9 Å². The van der Waals surface area contributed by atoms with Crippen molar-refractivity contribution in [3.05, 3.63) is 23.9 Å². The number of nitrogens with one attached hydrogen (secondary N) is 1. The molecule has 2 bridgehead atoms. The van der Waals surface area contributed by atoms with Gasteiger partial charge in [-0.05, 0) is 57.1 Å². The zero-order valence-corrected chi connectivity index (χ0v) is 17.4. The van der Waals surface area contributed by atoms with Gasteiger partial charge in [0.15, 0.2) is 0 Å². The van der Waals surface area contributed by atoms with Crippen LogP contribution in [-0.4, -0.2) is 69.0 Å². The molecule has 4 heterocycles. The molecule has 0 spiro atoms. The predicted octanol–water partition coefficient (Wildman–Crippen LogP) is 1.90. The first-order valence-corrected chi connectivity index (χ1v) is 12.3. The third kappa shape index (κ3) is 4.84. The van der Waals surface area contributed by atoms with E-state index in [9.17, 15) is 8.42 Å². The minimum absolute atomic E-state index is 0.0359. The Morgan fingerprint density at radius 2 is 2.00 bits per heavy atom. The molecule has 0 amide bonds. The average Bonchev–Trinajstić information content (AvgIpc) is 2.69. The second kappa shape index (κ2) is 8.65. The first-order chi connectivity index (χ1) is 13.5. The van der Waals surface area contributed by atoms with E-state index >= 15 is 0 Å². The molecule has 0 radical (unpaired) electrons. The van der Waals surface area contributed by atoms with Crippen LogP contribution in [0.25, 0.3) is 0 Å². The van der Waals surface area contributed by atoms with Gasteiger partial charge in [0.1, 0.15) is 6.61 Å². The van der Waals surface area contributed by atoms with Crippen LogP contribution in [0, 0.1) is 0 Å². The highest BCUT2D eigenvalue weighted by Crippen LogP contribution is 2.38. The summed E-state index contributed by atoms with van der Waals surface area (Å²) in [4.78, 5) is 6.81. The van der Waals surface area contributed by atoms with Crippen LogP contribution in [0.2, 0.25) is 0 Å². The van der Waals surface area contributed by atoms with Gasteiger partial charge in [-0.3, -0.25) is 4.90 Å². The molecular formula is C20H31N3O4S. The van der Waals surface area contributed by atoms with Crippen LogP contribution in [0.5, 0.6) is 5.88 Å². The highest BCUT2D eigenvalue weighted by atomic mass is 32.2. The molecule has 156 valence electrons. The van der Waals surface area contributed by atoms with Crippen molar-refractivity contribution in [3.8, 4) is 5.88 Å². The summed E-state index contributed by atoms with van der Waals surface area (Å²) in [7, 11) is -3.26. The van der Waals surface area contributed by atoms with E-state index in [2.05, 4.69) is 20.7 Å². The lowest BCUT2D eigenvalue weighted by molar-refractivity contribution is -0.0284. The fourth-order valence-electron chi connectivity index (χ4n) is 4.91. The molecule has 3 aliphatic heterocycles. The topological polar surface area (TPSA) is 80.8 Å². The van der Waals surface area contributed by atoms with E-state index in [-0.39, 0.29) is 18.2 Å². The maximum Gasteiger partial charge on any atom is 0.216 e. The van der Waals surface area contributed by atoms with Gasteiger partial charge in [-0.15, -0.1) is 0 Å². The smallest absolute Gasteiger partial charge is 0.216 e. The molecule has 1 aromatic rings. The molecule has 2 atom stereocenters. The van der Waals surface area contributed by atoms with Gasteiger partial charge in [0.25, 0.3) is 0 Å². The Morgan fingerprint density at radius 1 is 1.18 bits per heavy atom. The maximum absolute atomic E-state index is 11.9. The third-order valence-electron chi connectivity index (χ3n) is 6.29. The van der Waals surface area contributed by atoms with Crippen LogP contribution in [0.15, 0.2) is 18.3 Å². The monoisotopic (exact) mass is 409 g/mol. The summed E-state index contributed by atoms with van der Waals surface area (Å²) in [5.41, 5.74) is 1.21. The summed E-state index contributed by atoms with van der Waals surface area (Å²) in [5.74, 6) is 1.23. The molecule has 1 aromatic heterocycles. The molecule has 1 saturated carbocycles. The third-order valence-corrected chi connectivity index (χ3v) is 7.02. The van der Waals surface area contributed by atoms with Gasteiger partial charge in [-0.25, -0.2) is 18.1 Å². The molecule has 4 aliphatic rings. The van der Waals surface area contributed by atoms with Gasteiger partial charge < -0.3 is 9.47 Å². The Bertz CT molecular complexity index is 764. The number of nitrogens with zero attached hydrogens (tertiary/aromatic N) is 2. The van der Waals surface area contributed by atoms with Gasteiger partial charge in [-0.2, -0.15) is 0 Å². The molecule has 8 heteroatoms. The minimum atomic E-state index is -3.26. The van der Waals surface area contributed by atoms with Crippen molar-refractivity contribution in [3.63, 3.8) is 0 Å². The Hall–Kier alpha value is -1.22. The van der Waals surface area contributed by atoms with Crippen molar-refractivity contribution in [2.45, 2.75) is 62.6 Å². The Morgan fingerprint density at radius 3 is 2.79 bits per heavy atom. The lowest BCUT2D eigenvalue weighted by atomic mass is 9.83. The number of hydrogen-bond acceptors (Lipinski definition) is 6. The quantitative estimate of drug-likeness (QED) is 0.804. The molecule has 0 unspecified atom stereocenters. The summed E-state index contributed by atoms with van der Waals surface area (Å²) in [5, 5.41) is 0. The van der Waals surface area contributed by atoms with Crippen molar-refractivity contribution in [1.82, 2.24) is 14.6 Å². The number of sulfonamides is 1. The van der Waals surface area contributed by atoms with E-state index in [1.807, 2.05) is 6.07 Å². The van der Waals surface area contributed by atoms with Crippen molar-refractivity contribution in [2.24, 2.45) is 0 Å². The largest absolute Gasteiger partial charge is 0.476 e. The number of rotatable bonds is 2. The zero-order chi connectivity index (χ0) is 19.6. The molecule has 28 heavy (non-hydrogen) atoms. The summed E-state index contributed by atoms with van der Waals surface area (Å²) in [6.07, 6.45) is 9.28. The number of pyridine rings is 1. The average molecular weight is 410 g/mol. The molecule has 0 aromatic carbocycles. The SMILES string of the molecule is CS(=O)(=O)N[C@H]1CCCN2CCOc3ncccc3[C@H]3CC[C@H](CC3)OC[C@@H]12. The summed E-state index contributed by atoms with van der Waals surface area (Å²) in [6.45, 7) is 2.78. The van der Waals surface area contributed by atoms with Gasteiger partial charge in [-0.1, -0.05) is 6.07 Å². The number of aromatic nitrogens is 1. The van der Waals surface area contributed by atoms with Gasteiger partial charge in [0.05, 0.1) is 19.0 Å². The van der Waals surface area contributed by atoms with Crippen LogP contribution in [0.4, 0.5) is 0 Å². The zero-order valence-electron chi connectivity index (χ0n) is 16.5. The van der Waals surface area contributed by atoms with E-state index in [1.54, 1.807) is 6.20 Å². The van der Waals surface area contributed by atoms with Crippen molar-refractivity contribution in [2.75, 3.05) is 32.6 Å². The molecule has 7 nitrogen and oxygen atoms in total. The molecule has 5 rings (SSSR count). The van der Waals surface area contributed by atoms with Crippen LogP contribution in [-0.2, 0) is 14.8 Å². The second-order valence-corrected chi connectivity index (χ2v) is 10.1. The number of hydrogen-bond donors (Lipinski definition) is 1. The Balaban J connectivity index is 1.55. The highest BCUT2D eigenvalue weighted by molar-refractivity contribution is 7.88. The summed E-state index contributed by atoms with van der Waals surface area (Å²) < 4.78 is 39.0. The number of ether oxygens (including phenoxy) is 2. The molecule has 1 N–H and O–H groups in total. The summed E-state index contributed by atoms with van der Waals surface area (Å²) in [6, 6.07) is 4.05. The van der Waals surface area contributed by atoms with Gasteiger partial charge in [0, 0.05) is 30.4 Å². The fourth-order valence-corrected chi connectivity index (χ4v) is 5.73. The molecule has 2 fully saturated rings. The first kappa shape index (κ1) is 20.1. The van der Waals surface area contributed by atoms with E-state index in [0.717, 1.165) is 57.5 Å². The normalized spacial score (nSPS) is 32.2. The van der Waals surface area contributed by atoms with Crippen LogP contribution < -0.4 is 9.46 Å². The van der Waals surface area contributed by atoms with Crippen molar-refractivity contribution in [1.29, 1.82) is 0 Å². The van der Waals surface area contributed by atoms with Crippen molar-refractivity contribution >= 4 is 10.0 Å². The lowest BCUT2D eigenvalue weighted by Crippen LogP contribution is -2.58. The molecule has 1 aliphatic carbocycles. The Labute approximate surface area is 167 Å². The maximum atomic E-state index is 11.9. The Kier molecular flexibility index (Phi) is 6.20. The number of piperidine rings is 1. The van der Waals surface area contributed by atoms with Gasteiger partial charge >= 0.3 is 0 Å². The minimum Gasteiger partial charge on any atom is -0.476 e. The van der Waals surface area contributed by atoms with Crippen LogP contribution in [0.3, 0.4) is 0 Å².